The summed E-state index contributed by atoms with van der Waals surface area (Å²) >= 11 is 0. The second-order valence-corrected chi connectivity index (χ2v) is 4.30. The van der Waals surface area contributed by atoms with Crippen LogP contribution < -0.4 is 5.56 Å². The van der Waals surface area contributed by atoms with Gasteiger partial charge in [-0.1, -0.05) is 6.07 Å². The predicted octanol–water partition coefficient (Wildman–Crippen LogP) is 1.50. The molecule has 0 saturated heterocycles. The summed E-state index contributed by atoms with van der Waals surface area (Å²) < 4.78 is 3.19. The van der Waals surface area contributed by atoms with Crippen molar-refractivity contribution in [3.8, 4) is 5.69 Å². The monoisotopic (exact) mass is 240 g/mol. The number of fused-ring (bicyclic) bond motifs is 1. The normalized spacial score (nSPS) is 11.0. The van der Waals surface area contributed by atoms with Crippen molar-refractivity contribution in [1.29, 1.82) is 0 Å². The number of rotatable bonds is 1. The summed E-state index contributed by atoms with van der Waals surface area (Å²) in [6, 6.07) is 5.92. The van der Waals surface area contributed by atoms with E-state index in [2.05, 4.69) is 10.2 Å². The van der Waals surface area contributed by atoms with E-state index in [0.29, 0.717) is 5.65 Å². The van der Waals surface area contributed by atoms with Gasteiger partial charge in [0, 0.05) is 18.1 Å². The summed E-state index contributed by atoms with van der Waals surface area (Å²) in [6.45, 7) is 4.07. The standard InChI is InChI=1S/C13H12N4O/c1-9-3-4-11(7-10(9)2)17-6-5-16-8-14-15-12(16)13(17)18/h3-8H,1-2H3. The lowest BCUT2D eigenvalue weighted by Crippen LogP contribution is -2.20. The summed E-state index contributed by atoms with van der Waals surface area (Å²) in [5, 5.41) is 7.55. The fourth-order valence-corrected chi connectivity index (χ4v) is 1.90. The van der Waals surface area contributed by atoms with Gasteiger partial charge in [0.2, 0.25) is 5.65 Å². The van der Waals surface area contributed by atoms with E-state index < -0.39 is 0 Å². The maximum atomic E-state index is 12.2. The highest BCUT2D eigenvalue weighted by molar-refractivity contribution is 5.43. The molecule has 0 atom stereocenters. The molecule has 0 unspecified atom stereocenters. The molecule has 0 aliphatic heterocycles. The van der Waals surface area contributed by atoms with Crippen molar-refractivity contribution in [1.82, 2.24) is 19.2 Å². The van der Waals surface area contributed by atoms with Crippen molar-refractivity contribution < 1.29 is 0 Å². The molecule has 90 valence electrons. The number of hydrogen-bond donors (Lipinski definition) is 0. The second-order valence-electron chi connectivity index (χ2n) is 4.30. The Balaban J connectivity index is 2.28. The molecule has 3 rings (SSSR count). The topological polar surface area (TPSA) is 52.2 Å². The van der Waals surface area contributed by atoms with E-state index in [1.54, 1.807) is 21.4 Å². The lowest BCUT2D eigenvalue weighted by Gasteiger charge is -2.08. The molecule has 1 aromatic carbocycles. The first-order valence-corrected chi connectivity index (χ1v) is 5.65. The number of aryl methyl sites for hydroxylation is 2. The third kappa shape index (κ3) is 1.52. The average molecular weight is 240 g/mol. The van der Waals surface area contributed by atoms with Crippen LogP contribution in [0.25, 0.3) is 11.3 Å². The molecule has 0 spiro atoms. The van der Waals surface area contributed by atoms with E-state index in [0.717, 1.165) is 11.3 Å². The van der Waals surface area contributed by atoms with E-state index >= 15 is 0 Å². The van der Waals surface area contributed by atoms with Gasteiger partial charge >= 0.3 is 5.56 Å². The van der Waals surface area contributed by atoms with Gasteiger partial charge in [-0.3, -0.25) is 13.8 Å². The molecule has 18 heavy (non-hydrogen) atoms. The molecule has 2 aromatic heterocycles. The highest BCUT2D eigenvalue weighted by Crippen LogP contribution is 2.12. The van der Waals surface area contributed by atoms with Crippen LogP contribution in [0.2, 0.25) is 0 Å². The Morgan fingerprint density at radius 3 is 2.72 bits per heavy atom. The molecule has 0 bridgehead atoms. The third-order valence-corrected chi connectivity index (χ3v) is 3.13. The first-order chi connectivity index (χ1) is 8.66. The SMILES string of the molecule is Cc1ccc(-n2ccn3cnnc3c2=O)cc1C. The molecule has 0 fully saturated rings. The van der Waals surface area contributed by atoms with E-state index in [1.807, 2.05) is 32.0 Å². The van der Waals surface area contributed by atoms with Crippen LogP contribution in [0.15, 0.2) is 41.7 Å². The molecule has 2 heterocycles. The number of benzene rings is 1. The van der Waals surface area contributed by atoms with Gasteiger partial charge < -0.3 is 0 Å². The van der Waals surface area contributed by atoms with Crippen LogP contribution in [0.5, 0.6) is 0 Å². The smallest absolute Gasteiger partial charge is 0.283 e. The predicted molar refractivity (Wildman–Crippen MR) is 68.1 cm³/mol. The molecular formula is C13H12N4O. The van der Waals surface area contributed by atoms with Crippen molar-refractivity contribution in [3.05, 3.63) is 58.4 Å². The first-order valence-electron chi connectivity index (χ1n) is 5.65. The molecule has 0 aliphatic carbocycles. The lowest BCUT2D eigenvalue weighted by molar-refractivity contribution is 0.947. The van der Waals surface area contributed by atoms with Crippen LogP contribution in [0.3, 0.4) is 0 Å². The molecule has 0 saturated carbocycles. The van der Waals surface area contributed by atoms with Gasteiger partial charge in [-0.25, -0.2) is 0 Å². The van der Waals surface area contributed by atoms with Crippen LogP contribution in [0.1, 0.15) is 11.1 Å². The number of nitrogens with zero attached hydrogens (tertiary/aromatic N) is 4. The Hall–Kier alpha value is -2.43. The van der Waals surface area contributed by atoms with Gasteiger partial charge in [0.15, 0.2) is 0 Å². The van der Waals surface area contributed by atoms with Crippen LogP contribution >= 0.6 is 0 Å². The summed E-state index contributed by atoms with van der Waals surface area (Å²) in [5.41, 5.74) is 3.36. The highest BCUT2D eigenvalue weighted by atomic mass is 16.1. The summed E-state index contributed by atoms with van der Waals surface area (Å²) in [5.74, 6) is 0. The minimum absolute atomic E-state index is 0.168. The maximum Gasteiger partial charge on any atom is 0.300 e. The zero-order valence-electron chi connectivity index (χ0n) is 10.2. The van der Waals surface area contributed by atoms with E-state index in [1.165, 1.54) is 11.9 Å². The minimum atomic E-state index is -0.168. The summed E-state index contributed by atoms with van der Waals surface area (Å²) in [6.07, 6.45) is 5.01. The number of hydrogen-bond acceptors (Lipinski definition) is 3. The van der Waals surface area contributed by atoms with Gasteiger partial charge in [-0.2, -0.15) is 0 Å². The fourth-order valence-electron chi connectivity index (χ4n) is 1.90. The third-order valence-electron chi connectivity index (χ3n) is 3.13. The minimum Gasteiger partial charge on any atom is -0.283 e. The molecular weight excluding hydrogens is 228 g/mol. The van der Waals surface area contributed by atoms with Gasteiger partial charge in [0.05, 0.1) is 0 Å². The van der Waals surface area contributed by atoms with Crippen molar-refractivity contribution in [3.63, 3.8) is 0 Å². The molecule has 0 aliphatic rings. The molecule has 5 heteroatoms. The zero-order chi connectivity index (χ0) is 12.7. The van der Waals surface area contributed by atoms with Crippen LogP contribution in [-0.4, -0.2) is 19.2 Å². The van der Waals surface area contributed by atoms with E-state index in [4.69, 9.17) is 0 Å². The Kier molecular flexibility index (Phi) is 2.26. The molecule has 0 N–H and O–H groups in total. The Morgan fingerprint density at radius 1 is 1.11 bits per heavy atom. The average Bonchev–Trinajstić information content (AvgIpc) is 2.83. The van der Waals surface area contributed by atoms with Crippen molar-refractivity contribution in [2.75, 3.05) is 0 Å². The largest absolute Gasteiger partial charge is 0.300 e. The van der Waals surface area contributed by atoms with E-state index in [-0.39, 0.29) is 5.56 Å². The van der Waals surface area contributed by atoms with Crippen molar-refractivity contribution in [2.24, 2.45) is 0 Å². The van der Waals surface area contributed by atoms with Crippen molar-refractivity contribution >= 4 is 5.65 Å². The van der Waals surface area contributed by atoms with Gasteiger partial charge in [0.25, 0.3) is 0 Å². The van der Waals surface area contributed by atoms with Gasteiger partial charge in [-0.05, 0) is 37.1 Å². The molecule has 0 radical (unpaired) electrons. The Morgan fingerprint density at radius 2 is 1.94 bits per heavy atom. The highest BCUT2D eigenvalue weighted by Gasteiger charge is 2.06. The van der Waals surface area contributed by atoms with Gasteiger partial charge in [0.1, 0.15) is 6.33 Å². The molecule has 0 amide bonds. The number of aromatic nitrogens is 4. The second kappa shape index (κ2) is 3.80. The first kappa shape index (κ1) is 10.7. The molecule has 3 aromatic rings. The quantitative estimate of drug-likeness (QED) is 0.647. The fraction of sp³-hybridized carbons (Fsp3) is 0.154. The zero-order valence-corrected chi connectivity index (χ0v) is 10.2. The van der Waals surface area contributed by atoms with Crippen molar-refractivity contribution in [2.45, 2.75) is 13.8 Å². The Labute approximate surface area is 103 Å². The molecule has 5 nitrogen and oxygen atoms in total. The van der Waals surface area contributed by atoms with Crippen LogP contribution in [0, 0.1) is 13.8 Å². The van der Waals surface area contributed by atoms with Crippen LogP contribution in [-0.2, 0) is 0 Å². The van der Waals surface area contributed by atoms with E-state index in [9.17, 15) is 4.79 Å². The lowest BCUT2D eigenvalue weighted by atomic mass is 10.1. The van der Waals surface area contributed by atoms with Gasteiger partial charge in [-0.15, -0.1) is 10.2 Å². The Bertz CT molecular complexity index is 785. The summed E-state index contributed by atoms with van der Waals surface area (Å²) in [4.78, 5) is 12.2. The maximum absolute atomic E-state index is 12.2. The van der Waals surface area contributed by atoms with Crippen LogP contribution in [0.4, 0.5) is 0 Å². The summed E-state index contributed by atoms with van der Waals surface area (Å²) in [7, 11) is 0.